The Morgan fingerprint density at radius 2 is 2.07 bits per heavy atom. The minimum absolute atomic E-state index is 0. The van der Waals surface area contributed by atoms with E-state index in [4.69, 9.17) is 10.5 Å². The van der Waals surface area contributed by atoms with Gasteiger partial charge in [0.2, 0.25) is 5.91 Å². The summed E-state index contributed by atoms with van der Waals surface area (Å²) < 4.78 is 6.80. The van der Waals surface area contributed by atoms with Crippen LogP contribution in [0.25, 0.3) is 21.3 Å². The van der Waals surface area contributed by atoms with E-state index < -0.39 is 5.91 Å². The summed E-state index contributed by atoms with van der Waals surface area (Å²) in [6, 6.07) is 8.91. The number of amides is 1. The molecule has 0 unspecified atom stereocenters. The largest absolute Gasteiger partial charge is 0.489 e. The van der Waals surface area contributed by atoms with Gasteiger partial charge >= 0.3 is 0 Å². The first-order chi connectivity index (χ1) is 12.5. The van der Waals surface area contributed by atoms with Crippen LogP contribution in [-0.4, -0.2) is 32.4 Å². The molecule has 2 aromatic heterocycles. The number of nitrogens with two attached hydrogens (primary N) is 1. The number of nitrogens with zero attached hydrogens (tertiary/aromatic N) is 3. The average Bonchev–Trinajstić information content (AvgIpc) is 3.21. The number of primary amides is 1. The first-order valence-corrected chi connectivity index (χ1v) is 8.81. The van der Waals surface area contributed by atoms with Crippen molar-refractivity contribution in [1.82, 2.24) is 20.4 Å². The number of hydrogen-bond donors (Lipinski definition) is 3. The lowest BCUT2D eigenvalue weighted by Crippen LogP contribution is -2.12. The van der Waals surface area contributed by atoms with Crippen molar-refractivity contribution in [3.8, 4) is 5.75 Å². The van der Waals surface area contributed by atoms with Gasteiger partial charge in [0.25, 0.3) is 0 Å². The number of halogens is 1. The molecule has 0 aliphatic rings. The van der Waals surface area contributed by atoms with Gasteiger partial charge in [0, 0.05) is 5.56 Å². The molecule has 0 atom stereocenters. The third-order valence-corrected chi connectivity index (χ3v) is 4.66. The molecule has 2 aromatic carbocycles. The number of carbonyl (C=O) groups is 1. The summed E-state index contributed by atoms with van der Waals surface area (Å²) in [5, 5.41) is 14.6. The monoisotopic (exact) mass is 404 g/mol. The quantitative estimate of drug-likeness (QED) is 0.467. The second-order valence-corrected chi connectivity index (χ2v) is 7.04. The zero-order chi connectivity index (χ0) is 18.3. The van der Waals surface area contributed by atoms with E-state index in [0.717, 1.165) is 21.3 Å². The molecule has 2 heterocycles. The Balaban J connectivity index is 0.00000210. The second-order valence-electron chi connectivity index (χ2n) is 6.01. The van der Waals surface area contributed by atoms with E-state index in [-0.39, 0.29) is 18.5 Å². The number of ether oxygens (including phenoxy) is 1. The zero-order valence-corrected chi connectivity index (χ0v) is 16.1. The Labute approximate surface area is 164 Å². The fourth-order valence-corrected chi connectivity index (χ4v) is 3.49. The molecule has 0 bridgehead atoms. The highest BCUT2D eigenvalue weighted by Crippen LogP contribution is 2.35. The number of aromatic nitrogens is 4. The van der Waals surface area contributed by atoms with E-state index in [2.05, 4.69) is 25.7 Å². The molecule has 1 amide bonds. The van der Waals surface area contributed by atoms with Crippen molar-refractivity contribution < 1.29 is 9.53 Å². The average molecular weight is 405 g/mol. The van der Waals surface area contributed by atoms with Gasteiger partial charge in [-0.05, 0) is 44.2 Å². The van der Waals surface area contributed by atoms with Crippen LogP contribution in [0.3, 0.4) is 0 Å². The topological polar surface area (TPSA) is 119 Å². The van der Waals surface area contributed by atoms with Crippen LogP contribution in [0.4, 0.5) is 10.8 Å². The second kappa shape index (κ2) is 7.37. The first kappa shape index (κ1) is 18.9. The molecule has 10 heteroatoms. The maximum Gasteiger partial charge on any atom is 0.248 e. The van der Waals surface area contributed by atoms with Crippen LogP contribution in [0.5, 0.6) is 5.75 Å². The summed E-state index contributed by atoms with van der Waals surface area (Å²) in [6.07, 6.45) is -0.0138. The van der Waals surface area contributed by atoms with Crippen LogP contribution in [0.15, 0.2) is 30.3 Å². The van der Waals surface area contributed by atoms with Crippen LogP contribution >= 0.6 is 23.7 Å². The van der Waals surface area contributed by atoms with E-state index >= 15 is 0 Å². The van der Waals surface area contributed by atoms with Crippen LogP contribution in [0, 0.1) is 0 Å². The fourth-order valence-electron chi connectivity index (χ4n) is 2.61. The minimum atomic E-state index is -0.502. The summed E-state index contributed by atoms with van der Waals surface area (Å²) in [5.74, 6) is 0.119. The van der Waals surface area contributed by atoms with Crippen molar-refractivity contribution >= 4 is 61.7 Å². The lowest BCUT2D eigenvalue weighted by molar-refractivity contribution is 0.100. The molecule has 0 saturated heterocycles. The highest BCUT2D eigenvalue weighted by atomic mass is 35.5. The fraction of sp³-hybridized carbons (Fsp3) is 0.176. The molecular formula is C17H17ClN6O2S. The summed E-state index contributed by atoms with van der Waals surface area (Å²) >= 11 is 1.48. The Morgan fingerprint density at radius 3 is 2.81 bits per heavy atom. The normalized spacial score (nSPS) is 10.9. The van der Waals surface area contributed by atoms with Gasteiger partial charge in [0.05, 0.1) is 22.0 Å². The number of carbonyl (C=O) groups excluding carboxylic acids is 1. The Morgan fingerprint density at radius 1 is 1.26 bits per heavy atom. The van der Waals surface area contributed by atoms with Crippen molar-refractivity contribution in [2.45, 2.75) is 20.0 Å². The molecule has 4 N–H and O–H groups in total. The SMILES string of the molecule is CC(C)Oc1ccc(C(N)=O)cc1Nc1nc2c(ccc3[nH]nnc32)s1.Cl. The third kappa shape index (κ3) is 3.64. The van der Waals surface area contributed by atoms with Crippen molar-refractivity contribution in [3.63, 3.8) is 0 Å². The van der Waals surface area contributed by atoms with E-state index in [9.17, 15) is 4.79 Å². The highest BCUT2D eigenvalue weighted by molar-refractivity contribution is 7.22. The predicted molar refractivity (Wildman–Crippen MR) is 108 cm³/mol. The molecule has 4 aromatic rings. The van der Waals surface area contributed by atoms with Crippen LogP contribution in [-0.2, 0) is 0 Å². The smallest absolute Gasteiger partial charge is 0.248 e. The standard InChI is InChI=1S/C17H16N6O2S.ClH/c1-8(2)25-12-5-3-9(16(18)24)7-11(12)19-17-20-15-13(26-17)6-4-10-14(15)22-23-21-10;/h3-8H,1-2H3,(H2,18,24)(H,19,20)(H,21,22,23);1H. The molecule has 8 nitrogen and oxygen atoms in total. The molecular weight excluding hydrogens is 388 g/mol. The van der Waals surface area contributed by atoms with Crippen molar-refractivity contribution in [1.29, 1.82) is 0 Å². The zero-order valence-electron chi connectivity index (χ0n) is 14.5. The number of anilines is 2. The van der Waals surface area contributed by atoms with E-state index in [1.165, 1.54) is 11.3 Å². The molecule has 0 spiro atoms. The molecule has 0 radical (unpaired) electrons. The summed E-state index contributed by atoms with van der Waals surface area (Å²) in [7, 11) is 0. The Bertz CT molecular complexity index is 1120. The maximum absolute atomic E-state index is 11.5. The van der Waals surface area contributed by atoms with Crippen LogP contribution in [0.2, 0.25) is 0 Å². The van der Waals surface area contributed by atoms with Gasteiger partial charge in [-0.3, -0.25) is 9.89 Å². The van der Waals surface area contributed by atoms with Crippen LogP contribution < -0.4 is 15.8 Å². The van der Waals surface area contributed by atoms with Gasteiger partial charge in [-0.2, -0.15) is 0 Å². The molecule has 27 heavy (non-hydrogen) atoms. The number of nitrogens with one attached hydrogen (secondary N) is 2. The minimum Gasteiger partial charge on any atom is -0.489 e. The maximum atomic E-state index is 11.5. The lowest BCUT2D eigenvalue weighted by Gasteiger charge is -2.15. The molecule has 140 valence electrons. The molecule has 0 fully saturated rings. The number of thiazole rings is 1. The van der Waals surface area contributed by atoms with Gasteiger partial charge in [-0.15, -0.1) is 17.5 Å². The molecule has 4 rings (SSSR count). The summed E-state index contributed by atoms with van der Waals surface area (Å²) in [6.45, 7) is 3.87. The number of hydrogen-bond acceptors (Lipinski definition) is 7. The van der Waals surface area contributed by atoms with Crippen molar-refractivity contribution in [3.05, 3.63) is 35.9 Å². The number of rotatable bonds is 5. The van der Waals surface area contributed by atoms with Gasteiger partial charge < -0.3 is 15.8 Å². The summed E-state index contributed by atoms with van der Waals surface area (Å²) in [4.78, 5) is 16.1. The Kier molecular flexibility index (Phi) is 5.15. The van der Waals surface area contributed by atoms with Gasteiger partial charge in [-0.1, -0.05) is 16.6 Å². The third-order valence-electron chi connectivity index (χ3n) is 3.72. The summed E-state index contributed by atoms with van der Waals surface area (Å²) in [5.41, 5.74) is 8.73. The van der Waals surface area contributed by atoms with Gasteiger partial charge in [0.15, 0.2) is 5.13 Å². The Hall–Kier alpha value is -2.91. The predicted octanol–water partition coefficient (Wildman–Crippen LogP) is 3.62. The molecule has 0 aliphatic heterocycles. The number of H-pyrrole nitrogens is 1. The van der Waals surface area contributed by atoms with Gasteiger partial charge in [0.1, 0.15) is 16.8 Å². The number of aromatic amines is 1. The van der Waals surface area contributed by atoms with Crippen molar-refractivity contribution in [2.24, 2.45) is 5.73 Å². The van der Waals surface area contributed by atoms with E-state index in [0.29, 0.717) is 22.1 Å². The van der Waals surface area contributed by atoms with Crippen molar-refractivity contribution in [2.75, 3.05) is 5.32 Å². The van der Waals surface area contributed by atoms with E-state index in [1.54, 1.807) is 18.2 Å². The van der Waals surface area contributed by atoms with Gasteiger partial charge in [-0.25, -0.2) is 4.98 Å². The number of benzene rings is 2. The highest BCUT2D eigenvalue weighted by Gasteiger charge is 2.14. The molecule has 0 saturated carbocycles. The van der Waals surface area contributed by atoms with Crippen LogP contribution in [0.1, 0.15) is 24.2 Å². The number of fused-ring (bicyclic) bond motifs is 3. The van der Waals surface area contributed by atoms with E-state index in [1.807, 2.05) is 26.0 Å². The first-order valence-electron chi connectivity index (χ1n) is 7.99. The lowest BCUT2D eigenvalue weighted by atomic mass is 10.1. The molecule has 0 aliphatic carbocycles.